The summed E-state index contributed by atoms with van der Waals surface area (Å²) in [6.45, 7) is 2.02. The Morgan fingerprint density at radius 3 is 3.00 bits per heavy atom. The first-order valence-electron chi connectivity index (χ1n) is 6.48. The molecule has 0 aromatic heterocycles. The number of nitrogen functional groups attached to an aromatic ring is 1. The molecule has 0 bridgehead atoms. The number of aromatic hydroxyl groups is 1. The first-order chi connectivity index (χ1) is 9.56. The molecule has 2 aliphatic heterocycles. The molecule has 2 fully saturated rings. The van der Waals surface area contributed by atoms with Gasteiger partial charge in [0.1, 0.15) is 5.75 Å². The quantitative estimate of drug-likeness (QED) is 0.489. The number of urea groups is 1. The Morgan fingerprint density at radius 1 is 1.40 bits per heavy atom. The van der Waals surface area contributed by atoms with Crippen LogP contribution < -0.4 is 11.1 Å². The van der Waals surface area contributed by atoms with Crippen LogP contribution in [0.4, 0.5) is 10.5 Å². The average molecular weight is 276 g/mol. The second-order valence-corrected chi connectivity index (χ2v) is 5.06. The van der Waals surface area contributed by atoms with Gasteiger partial charge in [0.2, 0.25) is 0 Å². The number of nitrogens with one attached hydrogen (secondary N) is 1. The predicted molar refractivity (Wildman–Crippen MR) is 72.3 cm³/mol. The number of anilines is 1. The SMILES string of the molecule is Nc1ccc(O)cc1C(=O)N1CCN2C(=O)NCC2C1. The first kappa shape index (κ1) is 12.6. The van der Waals surface area contributed by atoms with E-state index >= 15 is 0 Å². The number of carbonyl (C=O) groups excluding carboxylic acids is 2. The van der Waals surface area contributed by atoms with Crippen molar-refractivity contribution in [2.24, 2.45) is 0 Å². The Morgan fingerprint density at radius 2 is 2.20 bits per heavy atom. The van der Waals surface area contributed by atoms with E-state index in [2.05, 4.69) is 5.32 Å². The molecule has 7 nitrogen and oxygen atoms in total. The summed E-state index contributed by atoms with van der Waals surface area (Å²) in [5, 5.41) is 12.2. The van der Waals surface area contributed by atoms with Gasteiger partial charge in [0, 0.05) is 31.9 Å². The third-order valence-corrected chi connectivity index (χ3v) is 3.79. The minimum atomic E-state index is -0.211. The normalized spacial score (nSPS) is 21.6. The number of fused-ring (bicyclic) bond motifs is 1. The Labute approximate surface area is 116 Å². The van der Waals surface area contributed by atoms with Crippen molar-refractivity contribution in [1.82, 2.24) is 15.1 Å². The number of nitrogens with zero attached hydrogens (tertiary/aromatic N) is 2. The number of carbonyl (C=O) groups is 2. The van der Waals surface area contributed by atoms with Crippen molar-refractivity contribution in [3.05, 3.63) is 23.8 Å². The van der Waals surface area contributed by atoms with Crippen LogP contribution in [0.3, 0.4) is 0 Å². The monoisotopic (exact) mass is 276 g/mol. The van der Waals surface area contributed by atoms with Crippen LogP contribution in [0.15, 0.2) is 18.2 Å². The zero-order chi connectivity index (χ0) is 14.3. The highest BCUT2D eigenvalue weighted by Gasteiger charge is 2.37. The maximum Gasteiger partial charge on any atom is 0.317 e. The standard InChI is InChI=1S/C13H16N4O3/c14-11-2-1-9(18)5-10(11)12(19)16-3-4-17-8(7-16)6-15-13(17)20/h1-2,5,8,18H,3-4,6-7,14H2,(H,15,20). The van der Waals surface area contributed by atoms with Crippen molar-refractivity contribution < 1.29 is 14.7 Å². The minimum absolute atomic E-state index is 0.0127. The van der Waals surface area contributed by atoms with E-state index in [4.69, 9.17) is 5.73 Å². The summed E-state index contributed by atoms with van der Waals surface area (Å²) in [6, 6.07) is 4.28. The average Bonchev–Trinajstić information content (AvgIpc) is 2.82. The second kappa shape index (κ2) is 4.59. The van der Waals surface area contributed by atoms with Gasteiger partial charge in [-0.15, -0.1) is 0 Å². The fourth-order valence-corrected chi connectivity index (χ4v) is 2.69. The minimum Gasteiger partial charge on any atom is -0.508 e. The molecule has 4 N–H and O–H groups in total. The van der Waals surface area contributed by atoms with Crippen molar-refractivity contribution in [3.8, 4) is 5.75 Å². The fourth-order valence-electron chi connectivity index (χ4n) is 2.69. The van der Waals surface area contributed by atoms with Crippen LogP contribution >= 0.6 is 0 Å². The Hall–Kier alpha value is -2.44. The fraction of sp³-hybridized carbons (Fsp3) is 0.385. The molecular formula is C13H16N4O3. The number of rotatable bonds is 1. The van der Waals surface area contributed by atoms with Gasteiger partial charge < -0.3 is 26.0 Å². The Balaban J connectivity index is 1.78. The molecule has 20 heavy (non-hydrogen) atoms. The number of piperazine rings is 1. The molecule has 3 amide bonds. The molecule has 7 heteroatoms. The van der Waals surface area contributed by atoms with Crippen molar-refractivity contribution in [2.75, 3.05) is 31.9 Å². The maximum absolute atomic E-state index is 12.5. The number of hydrogen-bond acceptors (Lipinski definition) is 4. The second-order valence-electron chi connectivity index (χ2n) is 5.06. The van der Waals surface area contributed by atoms with E-state index in [-0.39, 0.29) is 23.7 Å². The van der Waals surface area contributed by atoms with Gasteiger partial charge in [-0.3, -0.25) is 4.79 Å². The van der Waals surface area contributed by atoms with Gasteiger partial charge in [0.25, 0.3) is 5.91 Å². The zero-order valence-electron chi connectivity index (χ0n) is 10.9. The van der Waals surface area contributed by atoms with Crippen LogP contribution in [-0.2, 0) is 0 Å². The van der Waals surface area contributed by atoms with Gasteiger partial charge in [-0.1, -0.05) is 0 Å². The van der Waals surface area contributed by atoms with Crippen LogP contribution in [0.2, 0.25) is 0 Å². The summed E-state index contributed by atoms with van der Waals surface area (Å²) >= 11 is 0. The molecule has 1 aromatic carbocycles. The molecule has 1 unspecified atom stereocenters. The van der Waals surface area contributed by atoms with Crippen molar-refractivity contribution >= 4 is 17.6 Å². The third kappa shape index (κ3) is 2.01. The van der Waals surface area contributed by atoms with Crippen LogP contribution in [-0.4, -0.2) is 59.1 Å². The van der Waals surface area contributed by atoms with Crippen LogP contribution in [0, 0.1) is 0 Å². The van der Waals surface area contributed by atoms with E-state index < -0.39 is 0 Å². The summed E-state index contributed by atoms with van der Waals surface area (Å²) in [6.07, 6.45) is 0. The van der Waals surface area contributed by atoms with Crippen LogP contribution in [0.25, 0.3) is 0 Å². The molecule has 1 atom stereocenters. The number of nitrogens with two attached hydrogens (primary N) is 1. The number of amides is 3. The lowest BCUT2D eigenvalue weighted by Crippen LogP contribution is -2.53. The number of phenols is 1. The number of hydrogen-bond donors (Lipinski definition) is 3. The van der Waals surface area contributed by atoms with E-state index in [0.29, 0.717) is 37.4 Å². The molecule has 3 rings (SSSR count). The molecule has 2 saturated heterocycles. The highest BCUT2D eigenvalue weighted by molar-refractivity contribution is 5.99. The molecule has 0 saturated carbocycles. The topological polar surface area (TPSA) is 98.9 Å². The molecule has 2 aliphatic rings. The first-order valence-corrected chi connectivity index (χ1v) is 6.48. The number of phenolic OH excluding ortho intramolecular Hbond substituents is 1. The van der Waals surface area contributed by atoms with Crippen molar-refractivity contribution in [3.63, 3.8) is 0 Å². The van der Waals surface area contributed by atoms with Gasteiger partial charge in [-0.2, -0.15) is 0 Å². The number of benzene rings is 1. The van der Waals surface area contributed by atoms with Gasteiger partial charge in [0.15, 0.2) is 0 Å². The highest BCUT2D eigenvalue weighted by Crippen LogP contribution is 2.22. The molecule has 2 heterocycles. The van der Waals surface area contributed by atoms with E-state index in [0.717, 1.165) is 0 Å². The lowest BCUT2D eigenvalue weighted by atomic mass is 10.1. The summed E-state index contributed by atoms with van der Waals surface area (Å²) in [5.74, 6) is -0.198. The van der Waals surface area contributed by atoms with E-state index in [1.807, 2.05) is 0 Å². The van der Waals surface area contributed by atoms with Crippen molar-refractivity contribution in [2.45, 2.75) is 6.04 Å². The van der Waals surface area contributed by atoms with Gasteiger partial charge in [-0.25, -0.2) is 4.79 Å². The predicted octanol–water partition coefficient (Wildman–Crippen LogP) is -0.176. The van der Waals surface area contributed by atoms with E-state index in [1.165, 1.54) is 18.2 Å². The molecular weight excluding hydrogens is 260 g/mol. The largest absolute Gasteiger partial charge is 0.508 e. The summed E-state index contributed by atoms with van der Waals surface area (Å²) in [7, 11) is 0. The van der Waals surface area contributed by atoms with Gasteiger partial charge in [-0.05, 0) is 18.2 Å². The van der Waals surface area contributed by atoms with Gasteiger partial charge in [0.05, 0.1) is 11.6 Å². The molecule has 106 valence electrons. The molecule has 0 aliphatic carbocycles. The Bertz CT molecular complexity index is 575. The maximum atomic E-state index is 12.5. The smallest absolute Gasteiger partial charge is 0.317 e. The summed E-state index contributed by atoms with van der Waals surface area (Å²) in [4.78, 5) is 27.4. The lowest BCUT2D eigenvalue weighted by Gasteiger charge is -2.36. The summed E-state index contributed by atoms with van der Waals surface area (Å²) < 4.78 is 0. The van der Waals surface area contributed by atoms with Crippen LogP contribution in [0.5, 0.6) is 5.75 Å². The van der Waals surface area contributed by atoms with E-state index in [9.17, 15) is 14.7 Å². The van der Waals surface area contributed by atoms with E-state index in [1.54, 1.807) is 9.80 Å². The molecule has 0 spiro atoms. The van der Waals surface area contributed by atoms with Crippen LogP contribution in [0.1, 0.15) is 10.4 Å². The van der Waals surface area contributed by atoms with Crippen molar-refractivity contribution in [1.29, 1.82) is 0 Å². The molecule has 1 aromatic rings. The Kier molecular flexibility index (Phi) is 2.89. The lowest BCUT2D eigenvalue weighted by molar-refractivity contribution is 0.0617. The third-order valence-electron chi connectivity index (χ3n) is 3.79. The zero-order valence-corrected chi connectivity index (χ0v) is 10.9. The summed E-state index contributed by atoms with van der Waals surface area (Å²) in [5.41, 5.74) is 6.44. The molecule has 0 radical (unpaired) electrons. The highest BCUT2D eigenvalue weighted by atomic mass is 16.3. The van der Waals surface area contributed by atoms with Gasteiger partial charge >= 0.3 is 6.03 Å².